The molecular weight excluding hydrogens is 402 g/mol. The molecular formula is C26H29N3O3. The lowest BCUT2D eigenvalue weighted by molar-refractivity contribution is -0.139. The van der Waals surface area contributed by atoms with Gasteiger partial charge in [-0.3, -0.25) is 9.59 Å². The molecule has 2 heterocycles. The van der Waals surface area contributed by atoms with Gasteiger partial charge in [0.2, 0.25) is 11.8 Å². The van der Waals surface area contributed by atoms with Crippen LogP contribution in [-0.2, 0) is 22.4 Å². The van der Waals surface area contributed by atoms with Gasteiger partial charge in [-0.1, -0.05) is 60.7 Å². The minimum absolute atomic E-state index is 0.0839. The number of amides is 2. The zero-order chi connectivity index (χ0) is 22.2. The van der Waals surface area contributed by atoms with Crippen molar-refractivity contribution in [1.82, 2.24) is 14.8 Å². The Morgan fingerprint density at radius 1 is 0.781 bits per heavy atom. The molecule has 1 aliphatic rings. The molecule has 0 bridgehead atoms. The molecule has 4 rings (SSSR count). The van der Waals surface area contributed by atoms with Gasteiger partial charge in [0.15, 0.2) is 11.7 Å². The van der Waals surface area contributed by atoms with Gasteiger partial charge in [0, 0.05) is 51.0 Å². The van der Waals surface area contributed by atoms with E-state index in [0.29, 0.717) is 57.1 Å². The number of carbonyl (C=O) groups is 2. The fourth-order valence-electron chi connectivity index (χ4n) is 3.99. The van der Waals surface area contributed by atoms with Gasteiger partial charge in [-0.05, 0) is 18.4 Å². The molecule has 0 N–H and O–H groups in total. The van der Waals surface area contributed by atoms with Gasteiger partial charge in [-0.15, -0.1) is 0 Å². The van der Waals surface area contributed by atoms with E-state index in [-0.39, 0.29) is 11.8 Å². The first kappa shape index (κ1) is 21.8. The summed E-state index contributed by atoms with van der Waals surface area (Å²) in [7, 11) is 0. The number of hydrogen-bond acceptors (Lipinski definition) is 4. The van der Waals surface area contributed by atoms with E-state index < -0.39 is 0 Å². The Labute approximate surface area is 188 Å². The third kappa shape index (κ3) is 5.84. The van der Waals surface area contributed by atoms with E-state index in [2.05, 4.69) is 17.1 Å². The average Bonchev–Trinajstić information content (AvgIpc) is 3.33. The third-order valence-electron chi connectivity index (χ3n) is 5.85. The quantitative estimate of drug-likeness (QED) is 0.541. The predicted octanol–water partition coefficient (Wildman–Crippen LogP) is 3.97. The first-order chi connectivity index (χ1) is 15.7. The number of hydrogen-bond donors (Lipinski definition) is 0. The number of aromatic nitrogens is 1. The molecule has 0 saturated carbocycles. The Hall–Kier alpha value is -3.41. The SMILES string of the molecule is O=C(CCCc1ccccc1)N1CCN(C(=O)CCc2ncc(-c3ccccc3)o2)CC1. The van der Waals surface area contributed by atoms with Crippen LogP contribution in [0.2, 0.25) is 0 Å². The maximum Gasteiger partial charge on any atom is 0.223 e. The summed E-state index contributed by atoms with van der Waals surface area (Å²) in [5, 5.41) is 0. The molecule has 2 aromatic carbocycles. The molecule has 0 radical (unpaired) electrons. The lowest BCUT2D eigenvalue weighted by Gasteiger charge is -2.35. The number of rotatable bonds is 8. The van der Waals surface area contributed by atoms with Crippen molar-refractivity contribution < 1.29 is 14.0 Å². The zero-order valence-corrected chi connectivity index (χ0v) is 18.3. The fourth-order valence-corrected chi connectivity index (χ4v) is 3.99. The van der Waals surface area contributed by atoms with E-state index in [1.807, 2.05) is 58.3 Å². The van der Waals surface area contributed by atoms with Crippen LogP contribution >= 0.6 is 0 Å². The van der Waals surface area contributed by atoms with E-state index in [4.69, 9.17) is 4.42 Å². The summed E-state index contributed by atoms with van der Waals surface area (Å²) in [6.45, 7) is 2.38. The van der Waals surface area contributed by atoms with Crippen LogP contribution in [0.4, 0.5) is 0 Å². The molecule has 0 unspecified atom stereocenters. The maximum atomic E-state index is 12.6. The van der Waals surface area contributed by atoms with Crippen LogP contribution in [0.5, 0.6) is 0 Å². The van der Waals surface area contributed by atoms with Gasteiger partial charge in [0.25, 0.3) is 0 Å². The minimum Gasteiger partial charge on any atom is -0.441 e. The van der Waals surface area contributed by atoms with Crippen LogP contribution in [0.25, 0.3) is 11.3 Å². The summed E-state index contributed by atoms with van der Waals surface area (Å²) in [6, 6.07) is 20.0. The first-order valence-electron chi connectivity index (χ1n) is 11.3. The van der Waals surface area contributed by atoms with Crippen molar-refractivity contribution in [2.75, 3.05) is 26.2 Å². The topological polar surface area (TPSA) is 66.7 Å². The van der Waals surface area contributed by atoms with Crippen LogP contribution < -0.4 is 0 Å². The van der Waals surface area contributed by atoms with Gasteiger partial charge in [-0.25, -0.2) is 4.98 Å². The number of benzene rings is 2. The summed E-state index contributed by atoms with van der Waals surface area (Å²) in [5.74, 6) is 1.55. The van der Waals surface area contributed by atoms with E-state index in [9.17, 15) is 9.59 Å². The zero-order valence-electron chi connectivity index (χ0n) is 18.3. The minimum atomic E-state index is 0.0839. The standard InChI is InChI=1S/C26H29N3O3/c30-25(13-7-10-21-8-3-1-4-9-21)28-16-18-29(19-17-28)26(31)15-14-24-27-20-23(32-24)22-11-5-2-6-12-22/h1-6,8-9,11-12,20H,7,10,13-19H2. The normalized spacial score (nSPS) is 13.9. The Morgan fingerprint density at radius 3 is 2.03 bits per heavy atom. The predicted molar refractivity (Wildman–Crippen MR) is 123 cm³/mol. The second-order valence-electron chi connectivity index (χ2n) is 8.09. The number of nitrogens with zero attached hydrogens (tertiary/aromatic N) is 3. The highest BCUT2D eigenvalue weighted by molar-refractivity contribution is 5.78. The smallest absolute Gasteiger partial charge is 0.223 e. The summed E-state index contributed by atoms with van der Waals surface area (Å²) < 4.78 is 5.79. The molecule has 2 amide bonds. The molecule has 1 aromatic heterocycles. The second-order valence-corrected chi connectivity index (χ2v) is 8.09. The average molecular weight is 432 g/mol. The van der Waals surface area contributed by atoms with E-state index in [1.54, 1.807) is 6.20 Å². The van der Waals surface area contributed by atoms with Gasteiger partial charge < -0.3 is 14.2 Å². The van der Waals surface area contributed by atoms with Crippen LogP contribution in [0.3, 0.4) is 0 Å². The molecule has 32 heavy (non-hydrogen) atoms. The van der Waals surface area contributed by atoms with Crippen molar-refractivity contribution in [3.05, 3.63) is 78.3 Å². The number of aryl methyl sites for hydroxylation is 2. The van der Waals surface area contributed by atoms with Gasteiger partial charge >= 0.3 is 0 Å². The van der Waals surface area contributed by atoms with E-state index >= 15 is 0 Å². The Balaban J connectivity index is 1.17. The number of carbonyl (C=O) groups excluding carboxylic acids is 2. The van der Waals surface area contributed by atoms with Gasteiger partial charge in [0.05, 0.1) is 6.20 Å². The molecule has 1 saturated heterocycles. The molecule has 0 spiro atoms. The maximum absolute atomic E-state index is 12.6. The number of oxazole rings is 1. The Kier molecular flexibility index (Phi) is 7.33. The number of piperazine rings is 1. The van der Waals surface area contributed by atoms with Crippen LogP contribution in [0, 0.1) is 0 Å². The summed E-state index contributed by atoms with van der Waals surface area (Å²) >= 11 is 0. The van der Waals surface area contributed by atoms with Crippen LogP contribution in [-0.4, -0.2) is 52.8 Å². The molecule has 6 heteroatoms. The summed E-state index contributed by atoms with van der Waals surface area (Å²) in [4.78, 5) is 33.1. The molecule has 1 aliphatic heterocycles. The lowest BCUT2D eigenvalue weighted by atomic mass is 10.1. The van der Waals surface area contributed by atoms with Gasteiger partial charge in [-0.2, -0.15) is 0 Å². The van der Waals surface area contributed by atoms with Crippen LogP contribution in [0.15, 0.2) is 71.3 Å². The summed E-state index contributed by atoms with van der Waals surface area (Å²) in [6.07, 6.45) is 4.86. The fraction of sp³-hybridized carbons (Fsp3) is 0.346. The first-order valence-corrected chi connectivity index (χ1v) is 11.3. The van der Waals surface area contributed by atoms with Crippen molar-refractivity contribution in [2.24, 2.45) is 0 Å². The highest BCUT2D eigenvalue weighted by Gasteiger charge is 2.24. The van der Waals surface area contributed by atoms with Crippen molar-refractivity contribution in [3.8, 4) is 11.3 Å². The molecule has 6 nitrogen and oxygen atoms in total. The van der Waals surface area contributed by atoms with E-state index in [0.717, 1.165) is 18.4 Å². The third-order valence-corrected chi connectivity index (χ3v) is 5.85. The van der Waals surface area contributed by atoms with Gasteiger partial charge in [0.1, 0.15) is 0 Å². The molecule has 166 valence electrons. The summed E-state index contributed by atoms with van der Waals surface area (Å²) in [5.41, 5.74) is 2.24. The molecule has 3 aromatic rings. The molecule has 1 fully saturated rings. The molecule has 0 aliphatic carbocycles. The Bertz CT molecular complexity index is 1010. The van der Waals surface area contributed by atoms with Crippen molar-refractivity contribution in [3.63, 3.8) is 0 Å². The van der Waals surface area contributed by atoms with E-state index in [1.165, 1.54) is 5.56 Å². The second kappa shape index (κ2) is 10.8. The lowest BCUT2D eigenvalue weighted by Crippen LogP contribution is -2.50. The van der Waals surface area contributed by atoms with Crippen LogP contribution in [0.1, 0.15) is 30.7 Å². The highest BCUT2D eigenvalue weighted by Crippen LogP contribution is 2.20. The molecule has 0 atom stereocenters. The highest BCUT2D eigenvalue weighted by atomic mass is 16.4. The van der Waals surface area contributed by atoms with Crippen molar-refractivity contribution >= 4 is 11.8 Å². The Morgan fingerprint density at radius 2 is 1.38 bits per heavy atom. The largest absolute Gasteiger partial charge is 0.441 e. The van der Waals surface area contributed by atoms with Crippen molar-refractivity contribution in [1.29, 1.82) is 0 Å². The monoisotopic (exact) mass is 431 g/mol. The van der Waals surface area contributed by atoms with Crippen molar-refractivity contribution in [2.45, 2.75) is 32.1 Å².